The summed E-state index contributed by atoms with van der Waals surface area (Å²) < 4.78 is 9.77. The number of hydrogen-bond donors (Lipinski definition) is 1. The third-order valence-corrected chi connectivity index (χ3v) is 2.47. The topological polar surface area (TPSA) is 81.9 Å². The molecule has 0 spiro atoms. The maximum absolute atomic E-state index is 12.2. The molecule has 19 heavy (non-hydrogen) atoms. The van der Waals surface area contributed by atoms with E-state index in [4.69, 9.17) is 15.2 Å². The number of hydrogen-bond acceptors (Lipinski definition) is 5. The Morgan fingerprint density at radius 3 is 2.42 bits per heavy atom. The highest BCUT2D eigenvalue weighted by Gasteiger charge is 2.24. The molecule has 0 rings (SSSR count). The zero-order chi connectivity index (χ0) is 14.8. The van der Waals surface area contributed by atoms with Crippen molar-refractivity contribution < 1.29 is 19.1 Å². The van der Waals surface area contributed by atoms with Gasteiger partial charge in [-0.05, 0) is 19.3 Å². The molecule has 0 aliphatic heterocycles. The number of nitrogens with two attached hydrogens (primary N) is 1. The first-order chi connectivity index (χ1) is 8.92. The van der Waals surface area contributed by atoms with Crippen LogP contribution in [0.25, 0.3) is 0 Å². The Kier molecular flexibility index (Phi) is 9.16. The van der Waals surface area contributed by atoms with E-state index >= 15 is 0 Å². The van der Waals surface area contributed by atoms with Crippen LogP contribution in [0.4, 0.5) is 0 Å². The van der Waals surface area contributed by atoms with Crippen molar-refractivity contribution in [2.75, 3.05) is 33.4 Å². The Hall–Kier alpha value is -1.14. The van der Waals surface area contributed by atoms with E-state index in [0.29, 0.717) is 26.2 Å². The van der Waals surface area contributed by atoms with E-state index in [1.165, 1.54) is 4.90 Å². The lowest BCUT2D eigenvalue weighted by Gasteiger charge is -2.26. The van der Waals surface area contributed by atoms with Crippen molar-refractivity contribution in [1.29, 1.82) is 0 Å². The van der Waals surface area contributed by atoms with E-state index in [-0.39, 0.29) is 18.4 Å². The van der Waals surface area contributed by atoms with Crippen molar-refractivity contribution >= 4 is 11.9 Å². The highest BCUT2D eigenvalue weighted by molar-refractivity contribution is 5.85. The van der Waals surface area contributed by atoms with Crippen LogP contribution < -0.4 is 5.73 Å². The summed E-state index contributed by atoms with van der Waals surface area (Å²) in [5.74, 6) is -0.387. The first-order valence-electron chi connectivity index (χ1n) is 6.61. The molecule has 0 heterocycles. The van der Waals surface area contributed by atoms with Crippen LogP contribution in [-0.4, -0.2) is 56.2 Å². The Morgan fingerprint density at radius 1 is 1.32 bits per heavy atom. The smallest absolute Gasteiger partial charge is 0.325 e. The van der Waals surface area contributed by atoms with Crippen molar-refractivity contribution in [2.45, 2.75) is 33.2 Å². The average Bonchev–Trinajstić information content (AvgIpc) is 2.33. The summed E-state index contributed by atoms with van der Waals surface area (Å²) in [5, 5.41) is 0. The molecule has 0 aliphatic rings. The van der Waals surface area contributed by atoms with E-state index in [9.17, 15) is 9.59 Å². The van der Waals surface area contributed by atoms with Crippen LogP contribution in [0.1, 0.15) is 27.2 Å². The number of carbonyl (C=O) groups is 2. The predicted octanol–water partition coefficient (Wildman–Crippen LogP) is 0.398. The molecular formula is C13H26N2O4. The van der Waals surface area contributed by atoms with Gasteiger partial charge in [0.05, 0.1) is 12.6 Å². The minimum atomic E-state index is -0.645. The average molecular weight is 274 g/mol. The summed E-state index contributed by atoms with van der Waals surface area (Å²) in [6, 6.07) is -0.645. The third-order valence-electron chi connectivity index (χ3n) is 2.47. The number of carbonyl (C=O) groups excluding carboxylic acids is 2. The van der Waals surface area contributed by atoms with Gasteiger partial charge in [0.1, 0.15) is 6.54 Å². The Bertz CT molecular complexity index is 282. The normalized spacial score (nSPS) is 12.3. The van der Waals surface area contributed by atoms with Crippen molar-refractivity contribution in [2.24, 2.45) is 11.7 Å². The summed E-state index contributed by atoms with van der Waals surface area (Å²) in [7, 11) is 1.56. The van der Waals surface area contributed by atoms with Crippen LogP contribution in [0.5, 0.6) is 0 Å². The number of methoxy groups -OCH3 is 1. The molecule has 112 valence electrons. The maximum atomic E-state index is 12.2. The molecule has 6 nitrogen and oxygen atoms in total. The summed E-state index contributed by atoms with van der Waals surface area (Å²) in [5.41, 5.74) is 5.81. The van der Waals surface area contributed by atoms with Crippen LogP contribution in [0, 0.1) is 5.92 Å². The van der Waals surface area contributed by atoms with Gasteiger partial charge in [-0.2, -0.15) is 0 Å². The summed E-state index contributed by atoms with van der Waals surface area (Å²) in [6.07, 6.45) is 0.437. The highest BCUT2D eigenvalue weighted by Crippen LogP contribution is 2.04. The van der Waals surface area contributed by atoms with E-state index < -0.39 is 12.0 Å². The fourth-order valence-corrected chi connectivity index (χ4v) is 1.64. The number of amides is 1. The van der Waals surface area contributed by atoms with Crippen LogP contribution in [0.15, 0.2) is 0 Å². The minimum Gasteiger partial charge on any atom is -0.465 e. The zero-order valence-corrected chi connectivity index (χ0v) is 12.3. The second kappa shape index (κ2) is 9.75. The van der Waals surface area contributed by atoms with Gasteiger partial charge in [-0.1, -0.05) is 13.8 Å². The molecule has 0 aromatic heterocycles. The fourth-order valence-electron chi connectivity index (χ4n) is 1.64. The molecule has 1 unspecified atom stereocenters. The maximum Gasteiger partial charge on any atom is 0.325 e. The van der Waals surface area contributed by atoms with Gasteiger partial charge < -0.3 is 20.1 Å². The second-order valence-corrected chi connectivity index (χ2v) is 4.81. The molecule has 0 aromatic rings. The molecule has 0 radical (unpaired) electrons. The molecule has 0 fully saturated rings. The Labute approximate surface area is 115 Å². The largest absolute Gasteiger partial charge is 0.465 e. The molecule has 0 bridgehead atoms. The SMILES string of the molecule is CCOC(=O)CN(CC(C)C)C(=O)C(N)CCOC. The van der Waals surface area contributed by atoms with Gasteiger partial charge in [0.2, 0.25) is 5.91 Å². The molecule has 6 heteroatoms. The summed E-state index contributed by atoms with van der Waals surface area (Å²) in [4.78, 5) is 25.1. The Balaban J connectivity index is 4.54. The van der Waals surface area contributed by atoms with Gasteiger partial charge in [0, 0.05) is 20.3 Å². The molecule has 1 amide bonds. The summed E-state index contributed by atoms with van der Waals surface area (Å²) >= 11 is 0. The van der Waals surface area contributed by atoms with Gasteiger partial charge >= 0.3 is 5.97 Å². The standard InChI is InChI=1S/C13H26N2O4/c1-5-19-12(16)9-15(8-10(2)3)13(17)11(14)6-7-18-4/h10-11H,5-9,14H2,1-4H3. The van der Waals surface area contributed by atoms with Gasteiger partial charge in [-0.15, -0.1) is 0 Å². The first-order valence-corrected chi connectivity index (χ1v) is 6.61. The fraction of sp³-hybridized carbons (Fsp3) is 0.846. The first kappa shape index (κ1) is 17.9. The lowest BCUT2D eigenvalue weighted by Crippen LogP contribution is -2.47. The second-order valence-electron chi connectivity index (χ2n) is 4.81. The number of ether oxygens (including phenoxy) is 2. The van der Waals surface area contributed by atoms with Gasteiger partial charge in [-0.25, -0.2) is 0 Å². The molecule has 0 saturated heterocycles. The van der Waals surface area contributed by atoms with Crippen LogP contribution >= 0.6 is 0 Å². The van der Waals surface area contributed by atoms with E-state index in [1.807, 2.05) is 13.8 Å². The van der Waals surface area contributed by atoms with Crippen molar-refractivity contribution in [3.8, 4) is 0 Å². The quantitative estimate of drug-likeness (QED) is 0.615. The van der Waals surface area contributed by atoms with Gasteiger partial charge in [0.25, 0.3) is 0 Å². The van der Waals surface area contributed by atoms with Crippen molar-refractivity contribution in [3.05, 3.63) is 0 Å². The summed E-state index contributed by atoms with van der Waals surface area (Å²) in [6.45, 7) is 6.85. The van der Waals surface area contributed by atoms with E-state index in [0.717, 1.165) is 0 Å². The lowest BCUT2D eigenvalue weighted by molar-refractivity contribution is -0.149. The Morgan fingerprint density at radius 2 is 1.95 bits per heavy atom. The molecule has 0 aliphatic carbocycles. The molecular weight excluding hydrogens is 248 g/mol. The van der Waals surface area contributed by atoms with Crippen molar-refractivity contribution in [3.63, 3.8) is 0 Å². The number of nitrogens with zero attached hydrogens (tertiary/aromatic N) is 1. The molecule has 1 atom stereocenters. The minimum absolute atomic E-state index is 0.0501. The number of esters is 1. The van der Waals surface area contributed by atoms with Crippen LogP contribution in [0.2, 0.25) is 0 Å². The van der Waals surface area contributed by atoms with Gasteiger partial charge in [-0.3, -0.25) is 9.59 Å². The molecule has 0 saturated carbocycles. The predicted molar refractivity (Wildman–Crippen MR) is 72.5 cm³/mol. The third kappa shape index (κ3) is 7.79. The molecule has 2 N–H and O–H groups in total. The highest BCUT2D eigenvalue weighted by atomic mass is 16.5. The van der Waals surface area contributed by atoms with Gasteiger partial charge in [0.15, 0.2) is 0 Å². The van der Waals surface area contributed by atoms with Crippen LogP contribution in [-0.2, 0) is 19.1 Å². The molecule has 0 aromatic carbocycles. The van der Waals surface area contributed by atoms with E-state index in [2.05, 4.69) is 0 Å². The van der Waals surface area contributed by atoms with Crippen LogP contribution in [0.3, 0.4) is 0 Å². The lowest BCUT2D eigenvalue weighted by atomic mass is 10.1. The van der Waals surface area contributed by atoms with Crippen molar-refractivity contribution in [1.82, 2.24) is 4.90 Å². The van der Waals surface area contributed by atoms with E-state index in [1.54, 1.807) is 14.0 Å². The monoisotopic (exact) mass is 274 g/mol. The number of rotatable bonds is 9. The zero-order valence-electron chi connectivity index (χ0n) is 12.3.